The van der Waals surface area contributed by atoms with Gasteiger partial charge < -0.3 is 14.9 Å². The lowest BCUT2D eigenvalue weighted by Gasteiger charge is -2.10. The van der Waals surface area contributed by atoms with Crippen LogP contribution >= 0.6 is 0 Å². The maximum atomic E-state index is 9.54. The molecule has 23 heavy (non-hydrogen) atoms. The molecule has 0 unspecified atom stereocenters. The van der Waals surface area contributed by atoms with E-state index in [-0.39, 0.29) is 6.61 Å². The lowest BCUT2D eigenvalue weighted by Crippen LogP contribution is -2.01. The number of nitrogens with zero attached hydrogens (tertiary/aromatic N) is 4. The summed E-state index contributed by atoms with van der Waals surface area (Å²) in [6.45, 7) is -0.0497. The van der Waals surface area contributed by atoms with Crippen molar-refractivity contribution in [1.29, 1.82) is 0 Å². The fraction of sp³-hybridized carbons (Fsp3) is 0.0625. The summed E-state index contributed by atoms with van der Waals surface area (Å²) >= 11 is 0. The Labute approximate surface area is 131 Å². The first-order chi connectivity index (χ1) is 11.3. The number of nitrogens with one attached hydrogen (secondary N) is 1. The van der Waals surface area contributed by atoms with Crippen LogP contribution in [0.15, 0.2) is 59.6 Å². The van der Waals surface area contributed by atoms with E-state index in [1.807, 2.05) is 30.3 Å². The van der Waals surface area contributed by atoms with Gasteiger partial charge in [-0.1, -0.05) is 29.4 Å². The molecule has 7 heteroatoms. The predicted octanol–water partition coefficient (Wildman–Crippen LogP) is 2.62. The zero-order valence-corrected chi connectivity index (χ0v) is 12.0. The number of aromatic nitrogens is 4. The SMILES string of the molecule is OCc1ccccc1-c1cc(Nc2ccon2)c2nccn2n1. The fourth-order valence-electron chi connectivity index (χ4n) is 2.46. The van der Waals surface area contributed by atoms with Crippen molar-refractivity contribution in [1.82, 2.24) is 19.8 Å². The third kappa shape index (κ3) is 2.43. The van der Waals surface area contributed by atoms with Crippen LogP contribution in [0.1, 0.15) is 5.56 Å². The lowest BCUT2D eigenvalue weighted by atomic mass is 10.0. The summed E-state index contributed by atoms with van der Waals surface area (Å²) in [5, 5.41) is 21.1. The van der Waals surface area contributed by atoms with Crippen molar-refractivity contribution in [3.8, 4) is 11.3 Å². The molecule has 0 aliphatic heterocycles. The molecule has 0 saturated heterocycles. The minimum Gasteiger partial charge on any atom is -0.392 e. The minimum absolute atomic E-state index is 0.0497. The van der Waals surface area contributed by atoms with Gasteiger partial charge >= 0.3 is 0 Å². The van der Waals surface area contributed by atoms with E-state index in [1.165, 1.54) is 6.26 Å². The van der Waals surface area contributed by atoms with Crippen molar-refractivity contribution >= 4 is 17.2 Å². The molecule has 0 radical (unpaired) electrons. The first kappa shape index (κ1) is 13.5. The highest BCUT2D eigenvalue weighted by atomic mass is 16.5. The van der Waals surface area contributed by atoms with Gasteiger partial charge in [-0.3, -0.25) is 0 Å². The molecule has 0 bridgehead atoms. The van der Waals surface area contributed by atoms with Gasteiger partial charge in [0.15, 0.2) is 11.5 Å². The Balaban J connectivity index is 1.88. The molecule has 3 aromatic heterocycles. The Morgan fingerprint density at radius 3 is 2.96 bits per heavy atom. The largest absolute Gasteiger partial charge is 0.392 e. The first-order valence-corrected chi connectivity index (χ1v) is 7.06. The smallest absolute Gasteiger partial charge is 0.177 e. The molecule has 0 amide bonds. The highest BCUT2D eigenvalue weighted by molar-refractivity contribution is 5.77. The highest BCUT2D eigenvalue weighted by Crippen LogP contribution is 2.27. The van der Waals surface area contributed by atoms with E-state index in [9.17, 15) is 5.11 Å². The number of hydrogen-bond acceptors (Lipinski definition) is 6. The van der Waals surface area contributed by atoms with Crippen molar-refractivity contribution in [2.24, 2.45) is 0 Å². The average molecular weight is 307 g/mol. The lowest BCUT2D eigenvalue weighted by molar-refractivity contribution is 0.282. The van der Waals surface area contributed by atoms with Crippen molar-refractivity contribution in [2.45, 2.75) is 6.61 Å². The number of aliphatic hydroxyl groups excluding tert-OH is 1. The van der Waals surface area contributed by atoms with E-state index in [4.69, 9.17) is 4.52 Å². The maximum absolute atomic E-state index is 9.54. The molecule has 3 heterocycles. The fourth-order valence-corrected chi connectivity index (χ4v) is 2.46. The molecule has 4 rings (SSSR count). The van der Waals surface area contributed by atoms with Crippen molar-refractivity contribution in [3.05, 3.63) is 60.6 Å². The molecule has 0 aliphatic carbocycles. The summed E-state index contributed by atoms with van der Waals surface area (Å²) in [4.78, 5) is 4.31. The van der Waals surface area contributed by atoms with Crippen LogP contribution in [0.2, 0.25) is 0 Å². The number of imidazole rings is 1. The van der Waals surface area contributed by atoms with Crippen LogP contribution in [-0.4, -0.2) is 24.9 Å². The Hall–Kier alpha value is -3.19. The molecule has 2 N–H and O–H groups in total. The van der Waals surface area contributed by atoms with Gasteiger partial charge in [-0.05, 0) is 11.6 Å². The zero-order valence-electron chi connectivity index (χ0n) is 12.0. The molecule has 0 aliphatic rings. The Bertz CT molecular complexity index is 946. The second kappa shape index (κ2) is 5.54. The van der Waals surface area contributed by atoms with E-state index >= 15 is 0 Å². The molecule has 1 aromatic carbocycles. The standard InChI is InChI=1S/C16H13N5O2/c22-10-11-3-1-2-4-12(11)13-9-14(18-15-5-8-23-20-15)16-17-6-7-21(16)19-13/h1-9,22H,10H2,(H,18,20). The molecular weight excluding hydrogens is 294 g/mol. The number of fused-ring (bicyclic) bond motifs is 1. The van der Waals surface area contributed by atoms with Crippen LogP contribution in [0, 0.1) is 0 Å². The second-order valence-corrected chi connectivity index (χ2v) is 4.96. The molecule has 0 atom stereocenters. The average Bonchev–Trinajstić information content (AvgIpc) is 3.26. The Morgan fingerprint density at radius 2 is 2.13 bits per heavy atom. The topological polar surface area (TPSA) is 88.5 Å². The predicted molar refractivity (Wildman–Crippen MR) is 84.1 cm³/mol. The van der Waals surface area contributed by atoms with E-state index in [0.717, 1.165) is 22.5 Å². The van der Waals surface area contributed by atoms with Gasteiger partial charge in [-0.2, -0.15) is 5.10 Å². The van der Waals surface area contributed by atoms with Gasteiger partial charge in [0.25, 0.3) is 0 Å². The van der Waals surface area contributed by atoms with Gasteiger partial charge in [0, 0.05) is 24.0 Å². The van der Waals surface area contributed by atoms with Crippen LogP contribution in [0.4, 0.5) is 11.5 Å². The van der Waals surface area contributed by atoms with Gasteiger partial charge in [-0.25, -0.2) is 9.50 Å². The first-order valence-electron chi connectivity index (χ1n) is 7.06. The van der Waals surface area contributed by atoms with E-state index in [0.29, 0.717) is 11.5 Å². The third-order valence-electron chi connectivity index (χ3n) is 3.52. The monoisotopic (exact) mass is 307 g/mol. The van der Waals surface area contributed by atoms with Crippen molar-refractivity contribution in [2.75, 3.05) is 5.32 Å². The van der Waals surface area contributed by atoms with E-state index in [1.54, 1.807) is 23.0 Å². The van der Waals surface area contributed by atoms with Gasteiger partial charge in [0.1, 0.15) is 6.26 Å². The number of anilines is 2. The maximum Gasteiger partial charge on any atom is 0.177 e. The number of rotatable bonds is 4. The highest BCUT2D eigenvalue weighted by Gasteiger charge is 2.12. The van der Waals surface area contributed by atoms with Crippen molar-refractivity contribution in [3.63, 3.8) is 0 Å². The molecule has 0 spiro atoms. The Kier molecular flexibility index (Phi) is 3.25. The molecule has 0 saturated carbocycles. The van der Waals surface area contributed by atoms with Gasteiger partial charge in [-0.15, -0.1) is 0 Å². The number of hydrogen-bond donors (Lipinski definition) is 2. The Morgan fingerprint density at radius 1 is 1.22 bits per heavy atom. The summed E-state index contributed by atoms with van der Waals surface area (Å²) < 4.78 is 6.53. The summed E-state index contributed by atoms with van der Waals surface area (Å²) in [5.41, 5.74) is 3.84. The molecular formula is C16H13N5O2. The quantitative estimate of drug-likeness (QED) is 0.602. The summed E-state index contributed by atoms with van der Waals surface area (Å²) in [6.07, 6.45) is 4.95. The molecule has 7 nitrogen and oxygen atoms in total. The van der Waals surface area contributed by atoms with Crippen LogP contribution in [0.25, 0.3) is 16.9 Å². The van der Waals surface area contributed by atoms with Crippen molar-refractivity contribution < 1.29 is 9.63 Å². The van der Waals surface area contributed by atoms with Crippen LogP contribution < -0.4 is 5.32 Å². The zero-order chi connectivity index (χ0) is 15.6. The number of aliphatic hydroxyl groups is 1. The van der Waals surface area contributed by atoms with E-state index < -0.39 is 0 Å². The second-order valence-electron chi connectivity index (χ2n) is 4.96. The number of benzene rings is 1. The molecule has 0 fully saturated rings. The van der Waals surface area contributed by atoms with E-state index in [2.05, 4.69) is 20.6 Å². The molecule has 114 valence electrons. The van der Waals surface area contributed by atoms with Crippen LogP contribution in [-0.2, 0) is 6.61 Å². The summed E-state index contributed by atoms with van der Waals surface area (Å²) in [6, 6.07) is 11.2. The van der Waals surface area contributed by atoms with Crippen LogP contribution in [0.5, 0.6) is 0 Å². The third-order valence-corrected chi connectivity index (χ3v) is 3.52. The molecule has 4 aromatic rings. The van der Waals surface area contributed by atoms with Gasteiger partial charge in [0.05, 0.1) is 18.0 Å². The normalized spacial score (nSPS) is 11.0. The minimum atomic E-state index is -0.0497. The van der Waals surface area contributed by atoms with Gasteiger partial charge in [0.2, 0.25) is 0 Å². The summed E-state index contributed by atoms with van der Waals surface area (Å²) in [7, 11) is 0. The van der Waals surface area contributed by atoms with Crippen LogP contribution in [0.3, 0.4) is 0 Å². The summed E-state index contributed by atoms with van der Waals surface area (Å²) in [5.74, 6) is 0.586.